The van der Waals surface area contributed by atoms with Crippen LogP contribution in [0.5, 0.6) is 5.88 Å². The van der Waals surface area contributed by atoms with Gasteiger partial charge >= 0.3 is 0 Å². The molecule has 2 unspecified atom stereocenters. The summed E-state index contributed by atoms with van der Waals surface area (Å²) >= 11 is 0. The van der Waals surface area contributed by atoms with Gasteiger partial charge in [0.25, 0.3) is 5.91 Å². The van der Waals surface area contributed by atoms with Crippen LogP contribution in [0.25, 0.3) is 11.4 Å². The van der Waals surface area contributed by atoms with Crippen LogP contribution in [-0.2, 0) is 9.57 Å². The van der Waals surface area contributed by atoms with Crippen molar-refractivity contribution in [1.29, 1.82) is 5.26 Å². The summed E-state index contributed by atoms with van der Waals surface area (Å²) in [6, 6.07) is 8.79. The molecule has 4 rings (SSSR count). The van der Waals surface area contributed by atoms with Gasteiger partial charge in [-0.1, -0.05) is 12.1 Å². The van der Waals surface area contributed by atoms with Gasteiger partial charge in [0, 0.05) is 12.0 Å². The second kappa shape index (κ2) is 9.42. The molecule has 0 spiro atoms. The first-order valence-corrected chi connectivity index (χ1v) is 9.83. The number of hydrogen-bond donors (Lipinski definition) is 2. The summed E-state index contributed by atoms with van der Waals surface area (Å²) < 4.78 is 16.4. The minimum absolute atomic E-state index is 0.00441. The predicted octanol–water partition coefficient (Wildman–Crippen LogP) is 2.18. The zero-order valence-corrected chi connectivity index (χ0v) is 17.1. The van der Waals surface area contributed by atoms with E-state index in [-0.39, 0.29) is 29.2 Å². The van der Waals surface area contributed by atoms with Gasteiger partial charge in [-0.05, 0) is 19.1 Å². The molecule has 1 aliphatic heterocycles. The number of nitrogens with one attached hydrogen (secondary N) is 1. The third-order valence-corrected chi connectivity index (χ3v) is 4.67. The molecule has 3 N–H and O–H groups in total. The first-order chi connectivity index (χ1) is 15.5. The average Bonchev–Trinajstić information content (AvgIpc) is 3.51. The Kier molecular flexibility index (Phi) is 6.25. The molecule has 2 atom stereocenters. The number of nitrogens with two attached hydrogens (primary N) is 1. The lowest BCUT2D eigenvalue weighted by atomic mass is 10.1. The highest BCUT2D eigenvalue weighted by Gasteiger charge is 2.27. The summed E-state index contributed by atoms with van der Waals surface area (Å²) in [7, 11) is 0. The Labute approximate surface area is 183 Å². The van der Waals surface area contributed by atoms with E-state index < -0.39 is 12.0 Å². The highest BCUT2D eigenvalue weighted by atomic mass is 16.7. The molecule has 11 nitrogen and oxygen atoms in total. The molecule has 1 amide bonds. The van der Waals surface area contributed by atoms with Crippen LogP contribution in [0.1, 0.15) is 41.3 Å². The monoisotopic (exact) mass is 436 g/mol. The number of nitriles is 1. The molecular weight excluding hydrogens is 416 g/mol. The minimum atomic E-state index is -0.688. The van der Waals surface area contributed by atoms with E-state index in [1.54, 1.807) is 31.2 Å². The van der Waals surface area contributed by atoms with Crippen LogP contribution in [0, 0.1) is 11.3 Å². The highest BCUT2D eigenvalue weighted by Crippen LogP contribution is 2.28. The molecule has 3 aromatic rings. The fraction of sp³-hybridized carbons (Fsp3) is 0.286. The van der Waals surface area contributed by atoms with Gasteiger partial charge in [-0.3, -0.25) is 9.63 Å². The second-order valence-electron chi connectivity index (χ2n) is 6.97. The molecule has 2 aromatic heterocycles. The topological polar surface area (TPSA) is 158 Å². The Morgan fingerprint density at radius 3 is 3.00 bits per heavy atom. The van der Waals surface area contributed by atoms with Crippen molar-refractivity contribution in [3.63, 3.8) is 0 Å². The molecule has 0 saturated carbocycles. The number of rotatable bonds is 7. The normalized spacial score (nSPS) is 16.3. The molecule has 1 aromatic carbocycles. The third-order valence-electron chi connectivity index (χ3n) is 4.67. The molecule has 164 valence electrons. The lowest BCUT2D eigenvalue weighted by molar-refractivity contribution is -0.0201. The standard InChI is InChI=1S/C21H20N6O5/c1-12(20-24-6-8-30-20)32-27-19(28)16-17(23)25-18(14-4-2-3-13(9-14)10-22)26-21(16)31-15-5-7-29-11-15/h2-4,6,8-9,12,15H,5,7,11H2,1H3,(H,27,28)(H2,23,25,26). The number of benzene rings is 1. The van der Waals surface area contributed by atoms with Crippen LogP contribution in [-0.4, -0.2) is 40.2 Å². The Hall–Kier alpha value is -4.01. The lowest BCUT2D eigenvalue weighted by Gasteiger charge is -2.17. The van der Waals surface area contributed by atoms with Crippen LogP contribution in [0.2, 0.25) is 0 Å². The zero-order chi connectivity index (χ0) is 22.5. The number of carbonyl (C=O) groups is 1. The fourth-order valence-electron chi connectivity index (χ4n) is 3.05. The number of hydroxylamine groups is 1. The van der Waals surface area contributed by atoms with E-state index in [1.165, 1.54) is 12.5 Å². The van der Waals surface area contributed by atoms with Crippen molar-refractivity contribution in [2.45, 2.75) is 25.6 Å². The molecule has 0 bridgehead atoms. The Bertz CT molecular complexity index is 1140. The molecule has 0 aliphatic carbocycles. The maximum Gasteiger partial charge on any atom is 0.284 e. The van der Waals surface area contributed by atoms with Crippen molar-refractivity contribution in [2.24, 2.45) is 0 Å². The van der Waals surface area contributed by atoms with Gasteiger partial charge in [-0.15, -0.1) is 0 Å². The van der Waals surface area contributed by atoms with Gasteiger partial charge in [0.05, 0.1) is 31.0 Å². The average molecular weight is 436 g/mol. The number of nitrogen functional groups attached to an aromatic ring is 1. The first kappa shape index (κ1) is 21.2. The SMILES string of the molecule is CC(ONC(=O)c1c(N)nc(-c2cccc(C#N)c2)nc1OC1CCOC1)c1ncco1. The van der Waals surface area contributed by atoms with Crippen LogP contribution in [0.15, 0.2) is 41.1 Å². The van der Waals surface area contributed by atoms with E-state index >= 15 is 0 Å². The number of ether oxygens (including phenoxy) is 2. The quantitative estimate of drug-likeness (QED) is 0.526. The number of nitrogens with zero attached hydrogens (tertiary/aromatic N) is 4. The molecule has 11 heteroatoms. The predicted molar refractivity (Wildman–Crippen MR) is 110 cm³/mol. The summed E-state index contributed by atoms with van der Waals surface area (Å²) in [5.74, 6) is -0.278. The second-order valence-corrected chi connectivity index (χ2v) is 6.97. The minimum Gasteiger partial charge on any atom is -0.471 e. The Morgan fingerprint density at radius 1 is 1.41 bits per heavy atom. The van der Waals surface area contributed by atoms with Crippen LogP contribution < -0.4 is 16.0 Å². The number of aromatic nitrogens is 3. The summed E-state index contributed by atoms with van der Waals surface area (Å²) in [6.07, 6.45) is 2.58. The number of amides is 1. The summed E-state index contributed by atoms with van der Waals surface area (Å²) in [5.41, 5.74) is 9.37. The highest BCUT2D eigenvalue weighted by molar-refractivity contribution is 6.00. The van der Waals surface area contributed by atoms with Crippen molar-refractivity contribution < 1.29 is 23.5 Å². The van der Waals surface area contributed by atoms with Crippen molar-refractivity contribution in [1.82, 2.24) is 20.4 Å². The number of hydrogen-bond acceptors (Lipinski definition) is 10. The van der Waals surface area contributed by atoms with E-state index in [2.05, 4.69) is 26.5 Å². The van der Waals surface area contributed by atoms with Gasteiger partial charge < -0.3 is 19.6 Å². The van der Waals surface area contributed by atoms with Crippen LogP contribution >= 0.6 is 0 Å². The van der Waals surface area contributed by atoms with E-state index in [0.29, 0.717) is 36.7 Å². The maximum absolute atomic E-state index is 12.9. The fourth-order valence-corrected chi connectivity index (χ4v) is 3.05. The van der Waals surface area contributed by atoms with E-state index in [1.807, 2.05) is 0 Å². The van der Waals surface area contributed by atoms with Gasteiger partial charge in [0.1, 0.15) is 23.7 Å². The maximum atomic E-state index is 12.9. The molecular formula is C21H20N6O5. The first-order valence-electron chi connectivity index (χ1n) is 9.83. The molecule has 0 radical (unpaired) electrons. The Morgan fingerprint density at radius 2 is 2.28 bits per heavy atom. The number of anilines is 1. The Balaban J connectivity index is 1.63. The van der Waals surface area contributed by atoms with Crippen molar-refractivity contribution in [3.8, 4) is 23.3 Å². The van der Waals surface area contributed by atoms with E-state index in [0.717, 1.165) is 0 Å². The molecule has 3 heterocycles. The lowest BCUT2D eigenvalue weighted by Crippen LogP contribution is -2.28. The zero-order valence-electron chi connectivity index (χ0n) is 17.1. The van der Waals surface area contributed by atoms with E-state index in [9.17, 15) is 4.79 Å². The van der Waals surface area contributed by atoms with Crippen molar-refractivity contribution in [3.05, 3.63) is 53.7 Å². The van der Waals surface area contributed by atoms with Gasteiger partial charge in [0.15, 0.2) is 11.9 Å². The summed E-state index contributed by atoms with van der Waals surface area (Å²) in [4.78, 5) is 30.9. The number of carbonyl (C=O) groups excluding carboxylic acids is 1. The smallest absolute Gasteiger partial charge is 0.284 e. The van der Waals surface area contributed by atoms with Gasteiger partial charge in [0.2, 0.25) is 11.8 Å². The van der Waals surface area contributed by atoms with Gasteiger partial charge in [-0.2, -0.15) is 10.2 Å². The van der Waals surface area contributed by atoms with Crippen LogP contribution in [0.4, 0.5) is 5.82 Å². The molecule has 32 heavy (non-hydrogen) atoms. The van der Waals surface area contributed by atoms with Crippen molar-refractivity contribution >= 4 is 11.7 Å². The summed E-state index contributed by atoms with van der Waals surface area (Å²) in [5, 5.41) is 9.17. The largest absolute Gasteiger partial charge is 0.471 e. The molecule has 1 aliphatic rings. The summed E-state index contributed by atoms with van der Waals surface area (Å²) in [6.45, 7) is 2.56. The van der Waals surface area contributed by atoms with Crippen molar-refractivity contribution in [2.75, 3.05) is 18.9 Å². The van der Waals surface area contributed by atoms with E-state index in [4.69, 9.17) is 29.7 Å². The molecule has 1 saturated heterocycles. The third kappa shape index (κ3) is 4.66. The van der Waals surface area contributed by atoms with Gasteiger partial charge in [-0.25, -0.2) is 15.4 Å². The number of oxazole rings is 1. The van der Waals surface area contributed by atoms with Crippen LogP contribution in [0.3, 0.4) is 0 Å². The molecule has 1 fully saturated rings.